The van der Waals surface area contributed by atoms with Gasteiger partial charge in [-0.3, -0.25) is 28.8 Å². The van der Waals surface area contributed by atoms with Crippen LogP contribution in [0.2, 0.25) is 0 Å². The van der Waals surface area contributed by atoms with Crippen molar-refractivity contribution in [1.29, 1.82) is 0 Å². The fraction of sp³-hybridized carbons (Fsp3) is 0.581. The number of phenols is 1. The first kappa shape index (κ1) is 32.8. The second-order valence-corrected chi connectivity index (χ2v) is 14.2. The molecule has 1 aromatic rings. The first-order valence-corrected chi connectivity index (χ1v) is 14.4. The van der Waals surface area contributed by atoms with Crippen LogP contribution in [0.1, 0.15) is 83.1 Å². The molecule has 0 saturated heterocycles. The number of hydrogen-bond donors (Lipinski definition) is 5. The molecule has 13 nitrogen and oxygen atoms in total. The third kappa shape index (κ3) is 5.37. The van der Waals surface area contributed by atoms with E-state index in [0.29, 0.717) is 0 Å². The quantitative estimate of drug-likeness (QED) is 0.188. The zero-order valence-electron chi connectivity index (χ0n) is 25.8. The van der Waals surface area contributed by atoms with Crippen LogP contribution < -0.4 is 16.4 Å². The molecule has 4 rings (SSSR count). The summed E-state index contributed by atoms with van der Waals surface area (Å²) in [5.74, 6) is -15.0. The molecule has 2 saturated carbocycles. The van der Waals surface area contributed by atoms with Crippen LogP contribution in [0.4, 0.5) is 10.5 Å². The number of hydrogen-bond acceptors (Lipinski definition) is 10. The van der Waals surface area contributed by atoms with Gasteiger partial charge in [-0.25, -0.2) is 4.79 Å². The lowest BCUT2D eigenvalue weighted by atomic mass is 9.50. The molecule has 0 bridgehead atoms. The van der Waals surface area contributed by atoms with Crippen LogP contribution in [-0.2, 0) is 28.7 Å². The number of ether oxygens (including phenoxy) is 1. The Morgan fingerprint density at radius 1 is 1.05 bits per heavy atom. The van der Waals surface area contributed by atoms with Crippen molar-refractivity contribution in [2.24, 2.45) is 34.8 Å². The fourth-order valence-electron chi connectivity index (χ4n) is 6.75. The third-order valence-corrected chi connectivity index (χ3v) is 8.51. The monoisotopic (exact) mass is 613 g/mol. The highest BCUT2D eigenvalue weighted by molar-refractivity contribution is 6.32. The number of benzene rings is 1. The number of fused-ring (bicyclic) bond motifs is 3. The first-order chi connectivity index (χ1) is 20.1. The Morgan fingerprint density at radius 2 is 1.66 bits per heavy atom. The van der Waals surface area contributed by atoms with Crippen LogP contribution in [0.3, 0.4) is 0 Å². The molecule has 2 fully saturated rings. The van der Waals surface area contributed by atoms with Crippen LogP contribution in [0.15, 0.2) is 12.1 Å². The molecule has 238 valence electrons. The number of carbonyl (C=O) groups excluding carboxylic acids is 7. The van der Waals surface area contributed by atoms with Gasteiger partial charge < -0.3 is 31.3 Å². The second kappa shape index (κ2) is 10.8. The highest BCUT2D eigenvalue weighted by Gasteiger charge is 2.72. The number of nitrogens with two attached hydrogens (primary N) is 1. The number of esters is 1. The number of amides is 3. The molecule has 6 N–H and O–H groups in total. The van der Waals surface area contributed by atoms with Crippen molar-refractivity contribution >= 4 is 46.7 Å². The minimum atomic E-state index is -2.85. The van der Waals surface area contributed by atoms with Crippen LogP contribution >= 0.6 is 0 Å². The summed E-state index contributed by atoms with van der Waals surface area (Å²) in [6.07, 6.45) is -2.64. The molecule has 0 aromatic heterocycles. The number of ketones is 4. The molecule has 0 radical (unpaired) electrons. The Labute approximate surface area is 254 Å². The van der Waals surface area contributed by atoms with Gasteiger partial charge in [0.25, 0.3) is 0 Å². The van der Waals surface area contributed by atoms with E-state index < -0.39 is 105 Å². The summed E-state index contributed by atoms with van der Waals surface area (Å²) in [5.41, 5.74) is 1.05. The Bertz CT molecular complexity index is 1490. The zero-order valence-corrected chi connectivity index (χ0v) is 25.8. The lowest BCUT2D eigenvalue weighted by molar-refractivity contribution is -0.205. The van der Waals surface area contributed by atoms with Gasteiger partial charge >= 0.3 is 12.0 Å². The predicted molar refractivity (Wildman–Crippen MR) is 154 cm³/mol. The highest BCUT2D eigenvalue weighted by atomic mass is 16.6. The van der Waals surface area contributed by atoms with Crippen LogP contribution in [0.25, 0.3) is 0 Å². The van der Waals surface area contributed by atoms with Gasteiger partial charge in [0.1, 0.15) is 5.75 Å². The molecule has 3 amide bonds. The van der Waals surface area contributed by atoms with Crippen molar-refractivity contribution in [2.45, 2.75) is 84.5 Å². The lowest BCUT2D eigenvalue weighted by Gasteiger charge is -2.54. The molecule has 7 atom stereocenters. The molecule has 1 aromatic carbocycles. The molecule has 0 aliphatic heterocycles. The molecular weight excluding hydrogens is 574 g/mol. The van der Waals surface area contributed by atoms with Gasteiger partial charge in [0.05, 0.1) is 29.7 Å². The molecule has 2 unspecified atom stereocenters. The first-order valence-electron chi connectivity index (χ1n) is 14.4. The van der Waals surface area contributed by atoms with E-state index in [4.69, 9.17) is 10.5 Å². The number of aromatic hydroxyl groups is 1. The summed E-state index contributed by atoms with van der Waals surface area (Å²) in [4.78, 5) is 93.4. The van der Waals surface area contributed by atoms with Gasteiger partial charge in [0, 0.05) is 23.8 Å². The minimum absolute atomic E-state index is 0.134. The van der Waals surface area contributed by atoms with Crippen molar-refractivity contribution in [1.82, 2.24) is 5.32 Å². The van der Waals surface area contributed by atoms with E-state index in [1.165, 1.54) is 12.1 Å². The molecular formula is C31H39N3O10. The highest BCUT2D eigenvalue weighted by Crippen LogP contribution is 2.55. The normalized spacial score (nSPS) is 30.1. The SMILES string of the molecule is C[C@H]1c2ccc(NC(=O)NC(C)(C)C)c(O)c2C(=O)C2C(=O)[C@]3(OC(=O)CC(C)(C)C)C(=O)C(C(N)=O)C(=O)C[C@@H]3[C@@H](O)[C@@H]21. The number of Topliss-reactive ketones (excluding diaryl/α,β-unsaturated/α-hetero) is 4. The summed E-state index contributed by atoms with van der Waals surface area (Å²) in [6, 6.07) is 2.18. The molecule has 44 heavy (non-hydrogen) atoms. The number of primary amides is 1. The summed E-state index contributed by atoms with van der Waals surface area (Å²) in [7, 11) is 0. The van der Waals surface area contributed by atoms with Crippen LogP contribution in [0.5, 0.6) is 5.75 Å². The average molecular weight is 614 g/mol. The van der Waals surface area contributed by atoms with Crippen molar-refractivity contribution in [3.63, 3.8) is 0 Å². The zero-order chi connectivity index (χ0) is 33.3. The van der Waals surface area contributed by atoms with Crippen LogP contribution in [-0.4, -0.2) is 68.5 Å². The topological polar surface area (TPSA) is 219 Å². The molecule has 0 spiro atoms. The predicted octanol–water partition coefficient (Wildman–Crippen LogP) is 1.77. The Kier molecular flexibility index (Phi) is 8.04. The molecule has 13 heteroatoms. The maximum Gasteiger partial charge on any atom is 0.319 e. The third-order valence-electron chi connectivity index (χ3n) is 8.51. The van der Waals surface area contributed by atoms with Crippen molar-refractivity contribution < 1.29 is 48.5 Å². The number of aliphatic hydroxyl groups excluding tert-OH is 1. The van der Waals surface area contributed by atoms with E-state index in [9.17, 15) is 43.8 Å². The van der Waals surface area contributed by atoms with Gasteiger partial charge in [-0.15, -0.1) is 0 Å². The Hall–Kier alpha value is -4.13. The van der Waals surface area contributed by atoms with E-state index in [1.54, 1.807) is 48.5 Å². The standard InChI is InChI=1S/C31H39N3O10/c1-12-13-8-9-15(33-28(43)34-30(5,6)7)23(38)19(13)24(39)21-18(12)22(37)14-10-16(35)20(27(32)42)25(40)31(14,26(21)41)44-17(36)11-29(2,3)4/h8-9,12,14,18,20-22,37-38H,10-11H2,1-7H3,(H2,32,42)(H2,33,34,43)/t12-,14+,18+,20?,21?,22+,31+/m0/s1. The average Bonchev–Trinajstić information content (AvgIpc) is 2.84. The number of anilines is 1. The van der Waals surface area contributed by atoms with E-state index in [2.05, 4.69) is 10.6 Å². The molecule has 3 aliphatic rings. The summed E-state index contributed by atoms with van der Waals surface area (Å²) in [6.45, 7) is 11.9. The largest absolute Gasteiger partial charge is 0.505 e. The van der Waals surface area contributed by atoms with Gasteiger partial charge in [0.2, 0.25) is 17.3 Å². The Morgan fingerprint density at radius 3 is 2.20 bits per heavy atom. The maximum atomic E-state index is 14.5. The number of nitrogens with one attached hydrogen (secondary N) is 2. The molecule has 0 heterocycles. The maximum absolute atomic E-state index is 14.5. The van der Waals surface area contributed by atoms with E-state index in [-0.39, 0.29) is 23.2 Å². The van der Waals surface area contributed by atoms with Gasteiger partial charge in [-0.2, -0.15) is 0 Å². The second-order valence-electron chi connectivity index (χ2n) is 14.2. The number of rotatable bonds is 4. The van der Waals surface area contributed by atoms with E-state index in [0.717, 1.165) is 0 Å². The summed E-state index contributed by atoms with van der Waals surface area (Å²) >= 11 is 0. The fourth-order valence-corrected chi connectivity index (χ4v) is 6.75. The van der Waals surface area contributed by atoms with Gasteiger partial charge in [-0.1, -0.05) is 33.8 Å². The molecule has 3 aliphatic carbocycles. The lowest BCUT2D eigenvalue weighted by Crippen LogP contribution is -2.73. The number of aliphatic hydroxyl groups is 1. The Balaban J connectivity index is 1.86. The summed E-state index contributed by atoms with van der Waals surface area (Å²) < 4.78 is 5.62. The number of carbonyl (C=O) groups is 7. The smallest absolute Gasteiger partial charge is 0.319 e. The van der Waals surface area contributed by atoms with Crippen LogP contribution in [0, 0.1) is 29.1 Å². The minimum Gasteiger partial charge on any atom is -0.505 e. The van der Waals surface area contributed by atoms with E-state index in [1.807, 2.05) is 0 Å². The van der Waals surface area contributed by atoms with E-state index >= 15 is 0 Å². The summed E-state index contributed by atoms with van der Waals surface area (Å²) in [5, 5.41) is 28.0. The van der Waals surface area contributed by atoms with Gasteiger partial charge in [-0.05, 0) is 43.7 Å². The van der Waals surface area contributed by atoms with Crippen molar-refractivity contribution in [3.05, 3.63) is 23.3 Å². The number of phenolic OH excluding ortho intramolecular Hbond substituents is 1. The van der Waals surface area contributed by atoms with Crippen molar-refractivity contribution in [3.8, 4) is 5.75 Å². The van der Waals surface area contributed by atoms with Gasteiger partial charge in [0.15, 0.2) is 23.3 Å². The van der Waals surface area contributed by atoms with Crippen molar-refractivity contribution in [2.75, 3.05) is 5.32 Å². The number of urea groups is 1.